The summed E-state index contributed by atoms with van der Waals surface area (Å²) in [6, 6.07) is 19.9. The Morgan fingerprint density at radius 3 is 2.59 bits per heavy atom. The van der Waals surface area contributed by atoms with Crippen molar-refractivity contribution in [2.75, 3.05) is 17.7 Å². The van der Waals surface area contributed by atoms with E-state index in [2.05, 4.69) is 25.6 Å². The largest absolute Gasteiger partial charge is 0.489 e. The van der Waals surface area contributed by atoms with Gasteiger partial charge in [0, 0.05) is 30.6 Å². The molecule has 0 aliphatic heterocycles. The van der Waals surface area contributed by atoms with Gasteiger partial charge >= 0.3 is 0 Å². The number of ether oxygens (including phenoxy) is 1. The summed E-state index contributed by atoms with van der Waals surface area (Å²) in [6.07, 6.45) is 3.15. The van der Waals surface area contributed by atoms with E-state index < -0.39 is 11.5 Å². The number of carbonyl (C=O) groups excluding carboxylic acids is 1. The molecule has 0 aliphatic carbocycles. The van der Waals surface area contributed by atoms with Gasteiger partial charge in [-0.2, -0.15) is 0 Å². The number of rotatable bonds is 7. The number of aromatic amines is 1. The molecule has 4 aromatic rings. The molecule has 2 aromatic heterocycles. The Labute approximate surface area is 184 Å². The lowest BCUT2D eigenvalue weighted by Gasteiger charge is -2.09. The van der Waals surface area contributed by atoms with E-state index in [-0.39, 0.29) is 5.69 Å². The summed E-state index contributed by atoms with van der Waals surface area (Å²) in [7, 11) is 1.72. The molecule has 1 amide bonds. The molecule has 0 spiro atoms. The summed E-state index contributed by atoms with van der Waals surface area (Å²) < 4.78 is 5.74. The van der Waals surface area contributed by atoms with Gasteiger partial charge in [-0.1, -0.05) is 30.3 Å². The third kappa shape index (κ3) is 4.99. The zero-order valence-electron chi connectivity index (χ0n) is 17.3. The average molecular weight is 427 g/mol. The first-order valence-corrected chi connectivity index (χ1v) is 9.94. The summed E-state index contributed by atoms with van der Waals surface area (Å²) in [5.41, 5.74) is 2.43. The van der Waals surface area contributed by atoms with Crippen LogP contribution in [-0.4, -0.2) is 27.9 Å². The second kappa shape index (κ2) is 9.57. The number of pyridine rings is 1. The lowest BCUT2D eigenvalue weighted by Crippen LogP contribution is -2.19. The number of hydrogen-bond acceptors (Lipinski definition) is 6. The molecule has 4 rings (SSSR count). The number of nitrogens with one attached hydrogen (secondary N) is 3. The van der Waals surface area contributed by atoms with E-state index >= 15 is 0 Å². The topological polar surface area (TPSA) is 109 Å². The molecule has 0 saturated heterocycles. The van der Waals surface area contributed by atoms with Crippen molar-refractivity contribution >= 4 is 17.5 Å². The highest BCUT2D eigenvalue weighted by molar-refractivity contribution is 6.04. The second-order valence-corrected chi connectivity index (χ2v) is 6.90. The maximum atomic E-state index is 12.7. The molecule has 0 fully saturated rings. The first kappa shape index (κ1) is 20.8. The van der Waals surface area contributed by atoms with Gasteiger partial charge in [0.15, 0.2) is 0 Å². The summed E-state index contributed by atoms with van der Waals surface area (Å²) >= 11 is 0. The van der Waals surface area contributed by atoms with Crippen LogP contribution in [-0.2, 0) is 6.61 Å². The van der Waals surface area contributed by atoms with Crippen LogP contribution in [0.25, 0.3) is 11.3 Å². The second-order valence-electron chi connectivity index (χ2n) is 6.90. The number of amides is 1. The smallest absolute Gasteiger partial charge is 0.271 e. The number of anilines is 2. The number of hydrogen-bond donors (Lipinski definition) is 3. The Morgan fingerprint density at radius 1 is 1.06 bits per heavy atom. The normalized spacial score (nSPS) is 10.4. The van der Waals surface area contributed by atoms with Gasteiger partial charge in [0.25, 0.3) is 11.5 Å². The van der Waals surface area contributed by atoms with Crippen molar-refractivity contribution in [3.8, 4) is 17.0 Å². The Kier molecular flexibility index (Phi) is 6.22. The van der Waals surface area contributed by atoms with Crippen LogP contribution in [0, 0.1) is 0 Å². The number of aromatic nitrogens is 3. The highest BCUT2D eigenvalue weighted by Crippen LogP contribution is 2.19. The number of H-pyrrole nitrogens is 1. The summed E-state index contributed by atoms with van der Waals surface area (Å²) in [5, 5.41) is 5.53. The van der Waals surface area contributed by atoms with Crippen molar-refractivity contribution in [1.29, 1.82) is 0 Å². The maximum Gasteiger partial charge on any atom is 0.271 e. The minimum Gasteiger partial charge on any atom is -0.489 e. The van der Waals surface area contributed by atoms with Gasteiger partial charge in [0.2, 0.25) is 5.95 Å². The average Bonchev–Trinajstić information content (AvgIpc) is 2.85. The van der Waals surface area contributed by atoms with Gasteiger partial charge in [-0.15, -0.1) is 0 Å². The fourth-order valence-corrected chi connectivity index (χ4v) is 3.00. The molecule has 0 radical (unpaired) electrons. The van der Waals surface area contributed by atoms with Crippen molar-refractivity contribution in [2.24, 2.45) is 0 Å². The van der Waals surface area contributed by atoms with Crippen LogP contribution >= 0.6 is 0 Å². The Morgan fingerprint density at radius 2 is 1.84 bits per heavy atom. The van der Waals surface area contributed by atoms with Gasteiger partial charge in [0.1, 0.15) is 18.0 Å². The third-order valence-corrected chi connectivity index (χ3v) is 4.69. The molecule has 8 nitrogen and oxygen atoms in total. The molecule has 2 heterocycles. The van der Waals surface area contributed by atoms with Crippen LogP contribution in [0.1, 0.15) is 15.9 Å². The van der Waals surface area contributed by atoms with Crippen LogP contribution in [0.3, 0.4) is 0 Å². The zero-order chi connectivity index (χ0) is 22.3. The van der Waals surface area contributed by atoms with Crippen LogP contribution in [0.4, 0.5) is 11.6 Å². The predicted molar refractivity (Wildman–Crippen MR) is 123 cm³/mol. The lowest BCUT2D eigenvalue weighted by atomic mass is 10.1. The summed E-state index contributed by atoms with van der Waals surface area (Å²) in [5.74, 6) is 0.698. The molecule has 0 saturated carbocycles. The molecular formula is C24H21N5O3. The summed E-state index contributed by atoms with van der Waals surface area (Å²) in [4.78, 5) is 36.0. The van der Waals surface area contributed by atoms with Gasteiger partial charge in [0.05, 0.1) is 5.69 Å². The third-order valence-electron chi connectivity index (χ3n) is 4.69. The number of carbonyl (C=O) groups is 1. The zero-order valence-corrected chi connectivity index (χ0v) is 17.3. The van der Waals surface area contributed by atoms with E-state index in [1.165, 1.54) is 0 Å². The van der Waals surface area contributed by atoms with Crippen LogP contribution in [0.2, 0.25) is 0 Å². The molecule has 32 heavy (non-hydrogen) atoms. The molecule has 0 bridgehead atoms. The molecule has 2 aromatic carbocycles. The van der Waals surface area contributed by atoms with Gasteiger partial charge < -0.3 is 20.4 Å². The van der Waals surface area contributed by atoms with Crippen molar-refractivity contribution in [2.45, 2.75) is 6.61 Å². The fourth-order valence-electron chi connectivity index (χ4n) is 3.00. The van der Waals surface area contributed by atoms with E-state index in [0.29, 0.717) is 35.1 Å². The standard InChI is InChI=1S/C24H21N5O3/c1-25-24-26-12-11-20(29-24)18-13-21(23(31)27-14-18)28-22(30)17-7-9-19(10-8-17)32-15-16-5-3-2-4-6-16/h2-14H,15H2,1H3,(H,27,31)(H,28,30)(H,25,26,29). The maximum absolute atomic E-state index is 12.7. The SMILES string of the molecule is CNc1nccc(-c2c[nH]c(=O)c(NC(=O)c3ccc(OCc4ccccc4)cc3)c2)n1. The Hall–Kier alpha value is -4.46. The van der Waals surface area contributed by atoms with Crippen LogP contribution < -0.4 is 20.9 Å². The Balaban J connectivity index is 1.45. The van der Waals surface area contributed by atoms with Gasteiger partial charge in [-0.3, -0.25) is 9.59 Å². The Bertz CT molecular complexity index is 1270. The van der Waals surface area contributed by atoms with Gasteiger partial charge in [-0.05, 0) is 42.0 Å². The molecule has 0 atom stereocenters. The molecule has 8 heteroatoms. The van der Waals surface area contributed by atoms with Crippen LogP contribution in [0.5, 0.6) is 5.75 Å². The van der Waals surface area contributed by atoms with Crippen molar-refractivity contribution in [1.82, 2.24) is 15.0 Å². The number of benzene rings is 2. The molecule has 3 N–H and O–H groups in total. The fraction of sp³-hybridized carbons (Fsp3) is 0.0833. The van der Waals surface area contributed by atoms with E-state index in [1.807, 2.05) is 30.3 Å². The molecule has 160 valence electrons. The number of nitrogens with zero attached hydrogens (tertiary/aromatic N) is 2. The van der Waals surface area contributed by atoms with E-state index in [1.54, 1.807) is 55.8 Å². The minimum atomic E-state index is -0.409. The minimum absolute atomic E-state index is 0.126. The van der Waals surface area contributed by atoms with Crippen molar-refractivity contribution < 1.29 is 9.53 Å². The summed E-state index contributed by atoms with van der Waals surface area (Å²) in [6.45, 7) is 0.437. The van der Waals surface area contributed by atoms with Crippen molar-refractivity contribution in [3.63, 3.8) is 0 Å². The van der Waals surface area contributed by atoms with Crippen LogP contribution in [0.15, 0.2) is 83.9 Å². The lowest BCUT2D eigenvalue weighted by molar-refractivity contribution is 0.102. The molecule has 0 unspecified atom stereocenters. The predicted octanol–water partition coefficient (Wildman–Crippen LogP) is 3.70. The first-order chi connectivity index (χ1) is 15.6. The molecule has 0 aliphatic rings. The van der Waals surface area contributed by atoms with E-state index in [9.17, 15) is 9.59 Å². The highest BCUT2D eigenvalue weighted by atomic mass is 16.5. The van der Waals surface area contributed by atoms with Gasteiger partial charge in [-0.25, -0.2) is 9.97 Å². The quantitative estimate of drug-likeness (QED) is 0.415. The van der Waals surface area contributed by atoms with Crippen molar-refractivity contribution in [3.05, 3.63) is 101 Å². The van der Waals surface area contributed by atoms with E-state index in [0.717, 1.165) is 5.56 Å². The highest BCUT2D eigenvalue weighted by Gasteiger charge is 2.11. The molecular weight excluding hydrogens is 406 g/mol. The monoisotopic (exact) mass is 427 g/mol. The first-order valence-electron chi connectivity index (χ1n) is 9.94. The van der Waals surface area contributed by atoms with E-state index in [4.69, 9.17) is 4.74 Å².